The summed E-state index contributed by atoms with van der Waals surface area (Å²) in [6.45, 7) is 8.81. The SMILES string of the molecule is CC(CCO)CCC(C)C1[C@@H](O)[C@H](O)C2[C@]1(C)CCC1[C@@]3(C)CC[C@H](O)CC3[C@H](O)C[C@]12O. The highest BCUT2D eigenvalue weighted by atomic mass is 16.3. The molecule has 0 aliphatic heterocycles. The van der Waals surface area contributed by atoms with E-state index >= 15 is 0 Å². The average molecular weight is 469 g/mol. The van der Waals surface area contributed by atoms with Gasteiger partial charge in [0, 0.05) is 18.9 Å². The van der Waals surface area contributed by atoms with E-state index in [0.29, 0.717) is 18.8 Å². The van der Waals surface area contributed by atoms with Crippen molar-refractivity contribution in [3.63, 3.8) is 0 Å². The molecular weight excluding hydrogens is 420 g/mol. The largest absolute Gasteiger partial charge is 0.396 e. The third kappa shape index (κ3) is 3.92. The van der Waals surface area contributed by atoms with Gasteiger partial charge in [-0.25, -0.2) is 0 Å². The van der Waals surface area contributed by atoms with E-state index in [2.05, 4.69) is 27.7 Å². The van der Waals surface area contributed by atoms with E-state index in [0.717, 1.165) is 38.5 Å². The van der Waals surface area contributed by atoms with Gasteiger partial charge in [0.25, 0.3) is 0 Å². The van der Waals surface area contributed by atoms with Crippen molar-refractivity contribution in [3.05, 3.63) is 0 Å². The van der Waals surface area contributed by atoms with Gasteiger partial charge in [0.15, 0.2) is 0 Å². The van der Waals surface area contributed by atoms with Crippen LogP contribution in [0.5, 0.6) is 0 Å². The summed E-state index contributed by atoms with van der Waals surface area (Å²) in [6.07, 6.45) is 3.57. The fourth-order valence-electron chi connectivity index (χ4n) is 9.61. The fraction of sp³-hybridized carbons (Fsp3) is 1.00. The van der Waals surface area contributed by atoms with E-state index < -0.39 is 41.3 Å². The molecule has 4 aliphatic carbocycles. The first kappa shape index (κ1) is 25.8. The van der Waals surface area contributed by atoms with Gasteiger partial charge >= 0.3 is 0 Å². The summed E-state index contributed by atoms with van der Waals surface area (Å²) in [4.78, 5) is 0. The van der Waals surface area contributed by atoms with Gasteiger partial charge in [0.1, 0.15) is 0 Å². The van der Waals surface area contributed by atoms with Crippen molar-refractivity contribution in [3.8, 4) is 0 Å². The van der Waals surface area contributed by atoms with Crippen LogP contribution in [0.1, 0.15) is 85.5 Å². The summed E-state index contributed by atoms with van der Waals surface area (Å²) in [5.74, 6) is -0.0735. The number of hydrogen-bond acceptors (Lipinski definition) is 6. The molecule has 4 saturated carbocycles. The van der Waals surface area contributed by atoms with Gasteiger partial charge in [-0.3, -0.25) is 0 Å². The highest BCUT2D eigenvalue weighted by Crippen LogP contribution is 2.69. The Labute approximate surface area is 199 Å². The molecule has 192 valence electrons. The van der Waals surface area contributed by atoms with Crippen LogP contribution in [0, 0.1) is 46.3 Å². The van der Waals surface area contributed by atoms with Crippen molar-refractivity contribution in [2.75, 3.05) is 6.61 Å². The summed E-state index contributed by atoms with van der Waals surface area (Å²) in [6, 6.07) is 0. The minimum absolute atomic E-state index is 0.0397. The summed E-state index contributed by atoms with van der Waals surface area (Å²) in [5.41, 5.74) is -1.90. The molecule has 4 aliphatic rings. The fourth-order valence-corrected chi connectivity index (χ4v) is 9.61. The predicted octanol–water partition coefficient (Wildman–Crippen LogP) is 2.47. The molecular formula is C27H48O6. The zero-order chi connectivity index (χ0) is 24.3. The van der Waals surface area contributed by atoms with Crippen molar-refractivity contribution in [2.24, 2.45) is 46.3 Å². The van der Waals surface area contributed by atoms with Gasteiger partial charge in [0.2, 0.25) is 0 Å². The van der Waals surface area contributed by atoms with Crippen LogP contribution < -0.4 is 0 Å². The second-order valence-electron chi connectivity index (χ2n) is 13.1. The Morgan fingerprint density at radius 2 is 1.55 bits per heavy atom. The van der Waals surface area contributed by atoms with E-state index in [1.807, 2.05) is 0 Å². The average Bonchev–Trinajstić information content (AvgIpc) is 2.94. The Kier molecular flexibility index (Phi) is 7.05. The van der Waals surface area contributed by atoms with Crippen molar-refractivity contribution in [2.45, 2.75) is 115 Å². The van der Waals surface area contributed by atoms with Gasteiger partial charge in [-0.2, -0.15) is 0 Å². The standard InChI is InChI=1S/C27H48O6/c1-15(9-12-28)5-6-16(2)21-22(31)23(32)24-26(21,4)11-8-20-25(3)10-7-17(29)13-18(25)19(30)14-27(20,24)33/h15-24,28-33H,5-14H2,1-4H3/t15?,16?,17-,18?,19+,20?,21?,22+,23-,24?,25-,26+,27-/m0/s1. The lowest BCUT2D eigenvalue weighted by atomic mass is 9.42. The maximum atomic E-state index is 12.3. The maximum Gasteiger partial charge on any atom is 0.0863 e. The molecule has 0 radical (unpaired) electrons. The van der Waals surface area contributed by atoms with E-state index in [1.165, 1.54) is 0 Å². The van der Waals surface area contributed by atoms with Crippen LogP contribution in [0.4, 0.5) is 0 Å². The lowest BCUT2D eigenvalue weighted by Crippen LogP contribution is -2.68. The Morgan fingerprint density at radius 3 is 2.21 bits per heavy atom. The quantitative estimate of drug-likeness (QED) is 0.356. The van der Waals surface area contributed by atoms with E-state index in [9.17, 15) is 30.6 Å². The summed E-state index contributed by atoms with van der Waals surface area (Å²) < 4.78 is 0. The van der Waals surface area contributed by atoms with Crippen LogP contribution in [-0.2, 0) is 0 Å². The van der Waals surface area contributed by atoms with E-state index in [-0.39, 0.29) is 42.1 Å². The molecule has 6 nitrogen and oxygen atoms in total. The van der Waals surface area contributed by atoms with Gasteiger partial charge < -0.3 is 30.6 Å². The predicted molar refractivity (Wildman–Crippen MR) is 126 cm³/mol. The van der Waals surface area contributed by atoms with Crippen LogP contribution >= 0.6 is 0 Å². The molecule has 0 aromatic rings. The molecule has 33 heavy (non-hydrogen) atoms. The highest BCUT2D eigenvalue weighted by Gasteiger charge is 2.72. The highest BCUT2D eigenvalue weighted by molar-refractivity contribution is 5.21. The zero-order valence-corrected chi connectivity index (χ0v) is 21.0. The minimum atomic E-state index is -1.22. The summed E-state index contributed by atoms with van der Waals surface area (Å²) in [7, 11) is 0. The molecule has 0 spiro atoms. The molecule has 0 saturated heterocycles. The first-order valence-electron chi connectivity index (χ1n) is 13.5. The summed E-state index contributed by atoms with van der Waals surface area (Å²) in [5, 5.41) is 65.7. The van der Waals surface area contributed by atoms with Crippen molar-refractivity contribution < 1.29 is 30.6 Å². The van der Waals surface area contributed by atoms with Crippen LogP contribution in [0.15, 0.2) is 0 Å². The smallest absolute Gasteiger partial charge is 0.0863 e. The molecule has 0 bridgehead atoms. The number of hydrogen-bond donors (Lipinski definition) is 6. The van der Waals surface area contributed by atoms with Crippen LogP contribution in [0.25, 0.3) is 0 Å². The molecule has 6 unspecified atom stereocenters. The second-order valence-corrected chi connectivity index (χ2v) is 13.1. The Morgan fingerprint density at radius 1 is 0.879 bits per heavy atom. The van der Waals surface area contributed by atoms with Gasteiger partial charge in [-0.15, -0.1) is 0 Å². The van der Waals surface area contributed by atoms with Crippen LogP contribution in [-0.4, -0.2) is 67.3 Å². The monoisotopic (exact) mass is 468 g/mol. The van der Waals surface area contributed by atoms with Gasteiger partial charge in [-0.1, -0.05) is 40.5 Å². The molecule has 0 aromatic heterocycles. The molecule has 0 amide bonds. The van der Waals surface area contributed by atoms with Gasteiger partial charge in [-0.05, 0) is 78.9 Å². The van der Waals surface area contributed by atoms with Gasteiger partial charge in [0.05, 0.1) is 30.0 Å². The lowest BCUT2D eigenvalue weighted by molar-refractivity contribution is -0.264. The Hall–Kier alpha value is -0.240. The van der Waals surface area contributed by atoms with Crippen molar-refractivity contribution in [1.29, 1.82) is 0 Å². The normalized spacial score (nSPS) is 53.6. The number of rotatable bonds is 6. The summed E-state index contributed by atoms with van der Waals surface area (Å²) >= 11 is 0. The topological polar surface area (TPSA) is 121 Å². The minimum Gasteiger partial charge on any atom is -0.396 e. The molecule has 13 atom stereocenters. The first-order valence-corrected chi connectivity index (χ1v) is 13.5. The third-order valence-corrected chi connectivity index (χ3v) is 11.2. The van der Waals surface area contributed by atoms with Crippen molar-refractivity contribution in [1.82, 2.24) is 0 Å². The number of aliphatic hydroxyl groups is 6. The number of fused-ring (bicyclic) bond motifs is 5. The Balaban J connectivity index is 1.62. The van der Waals surface area contributed by atoms with Crippen LogP contribution in [0.3, 0.4) is 0 Å². The lowest BCUT2D eigenvalue weighted by Gasteiger charge is -2.65. The first-order chi connectivity index (χ1) is 15.4. The molecule has 6 N–H and O–H groups in total. The molecule has 0 heterocycles. The Bertz CT molecular complexity index is 702. The maximum absolute atomic E-state index is 12.3. The number of aliphatic hydroxyl groups excluding tert-OH is 5. The molecule has 4 fully saturated rings. The molecule has 6 heteroatoms. The molecule has 0 aromatic carbocycles. The molecule has 4 rings (SSSR count). The van der Waals surface area contributed by atoms with Crippen LogP contribution in [0.2, 0.25) is 0 Å². The van der Waals surface area contributed by atoms with Crippen molar-refractivity contribution >= 4 is 0 Å². The van der Waals surface area contributed by atoms with E-state index in [1.54, 1.807) is 0 Å². The third-order valence-electron chi connectivity index (χ3n) is 11.2. The zero-order valence-electron chi connectivity index (χ0n) is 21.0. The van der Waals surface area contributed by atoms with E-state index in [4.69, 9.17) is 0 Å². The second kappa shape index (κ2) is 9.01.